The number of aromatic nitrogens is 1. The molecule has 134 valence electrons. The van der Waals surface area contributed by atoms with Crippen molar-refractivity contribution in [1.29, 1.82) is 0 Å². The maximum atomic E-state index is 13.5. The molecule has 1 unspecified atom stereocenters. The minimum Gasteiger partial charge on any atom is -0.356 e. The molecule has 0 bridgehead atoms. The van der Waals surface area contributed by atoms with Crippen molar-refractivity contribution in [2.45, 2.75) is 12.5 Å². The summed E-state index contributed by atoms with van der Waals surface area (Å²) in [4.78, 5) is 19.3. The van der Waals surface area contributed by atoms with Crippen molar-refractivity contribution in [3.63, 3.8) is 0 Å². The molecule has 0 aliphatic carbocycles. The number of rotatable bonds is 2. The van der Waals surface area contributed by atoms with Crippen LogP contribution in [-0.2, 0) is 6.42 Å². The normalized spacial score (nSPS) is 16.5. The van der Waals surface area contributed by atoms with Crippen LogP contribution in [0.4, 0.5) is 4.39 Å². The van der Waals surface area contributed by atoms with E-state index in [0.29, 0.717) is 6.54 Å². The highest BCUT2D eigenvalue weighted by Crippen LogP contribution is 2.39. The summed E-state index contributed by atoms with van der Waals surface area (Å²) in [6.45, 7) is 0.633. The predicted molar refractivity (Wildman–Crippen MR) is 106 cm³/mol. The number of hydrogen-bond acceptors (Lipinski definition) is 2. The number of para-hydroxylation sites is 1. The van der Waals surface area contributed by atoms with E-state index in [1.807, 2.05) is 34.5 Å². The molecule has 0 saturated carbocycles. The van der Waals surface area contributed by atoms with E-state index in [1.54, 1.807) is 12.1 Å². The number of fused-ring (bicyclic) bond motifs is 3. The van der Waals surface area contributed by atoms with Gasteiger partial charge in [0.05, 0.1) is 10.9 Å². The first kappa shape index (κ1) is 16.3. The molecule has 5 heteroatoms. The fourth-order valence-electron chi connectivity index (χ4n) is 3.99. The van der Waals surface area contributed by atoms with Crippen LogP contribution >= 0.6 is 11.3 Å². The lowest BCUT2D eigenvalue weighted by molar-refractivity contribution is 0.0697. The van der Waals surface area contributed by atoms with Gasteiger partial charge in [-0.25, -0.2) is 4.39 Å². The highest BCUT2D eigenvalue weighted by atomic mass is 32.1. The number of nitrogens with zero attached hydrogens (tertiary/aromatic N) is 1. The monoisotopic (exact) mass is 376 g/mol. The molecule has 1 N–H and O–H groups in total. The number of halogens is 1. The van der Waals surface area contributed by atoms with Gasteiger partial charge >= 0.3 is 0 Å². The first-order valence-electron chi connectivity index (χ1n) is 8.92. The molecule has 0 saturated heterocycles. The summed E-state index contributed by atoms with van der Waals surface area (Å²) in [5.74, 6) is -0.258. The Balaban J connectivity index is 1.68. The Hall–Kier alpha value is -2.92. The number of thiophene rings is 1. The molecule has 1 amide bonds. The molecule has 27 heavy (non-hydrogen) atoms. The van der Waals surface area contributed by atoms with Crippen LogP contribution in [0.1, 0.15) is 32.5 Å². The summed E-state index contributed by atoms with van der Waals surface area (Å²) in [5.41, 5.74) is 4.25. The predicted octanol–water partition coefficient (Wildman–Crippen LogP) is 5.16. The molecule has 1 aliphatic heterocycles. The molecule has 3 nitrogen and oxygen atoms in total. The molecule has 1 aliphatic rings. The van der Waals surface area contributed by atoms with Gasteiger partial charge in [0.1, 0.15) is 5.82 Å². The Labute approximate surface area is 160 Å². The zero-order chi connectivity index (χ0) is 18.4. The van der Waals surface area contributed by atoms with Crippen LogP contribution in [0, 0.1) is 5.82 Å². The van der Waals surface area contributed by atoms with Gasteiger partial charge in [-0.15, -0.1) is 11.3 Å². The number of amides is 1. The van der Waals surface area contributed by atoms with Gasteiger partial charge in [0.25, 0.3) is 5.91 Å². The Kier molecular flexibility index (Phi) is 3.83. The van der Waals surface area contributed by atoms with Crippen LogP contribution in [0.2, 0.25) is 0 Å². The number of hydrogen-bond donors (Lipinski definition) is 1. The molecule has 5 rings (SSSR count). The van der Waals surface area contributed by atoms with Crippen molar-refractivity contribution in [2.75, 3.05) is 6.54 Å². The highest BCUT2D eigenvalue weighted by Gasteiger charge is 2.35. The largest absolute Gasteiger partial charge is 0.356 e. The number of carbonyl (C=O) groups is 1. The van der Waals surface area contributed by atoms with Crippen molar-refractivity contribution >= 4 is 28.1 Å². The van der Waals surface area contributed by atoms with Crippen LogP contribution in [0.25, 0.3) is 10.9 Å². The third-order valence-electron chi connectivity index (χ3n) is 5.21. The number of carbonyl (C=O) groups excluding carboxylic acids is 1. The van der Waals surface area contributed by atoms with Crippen molar-refractivity contribution in [1.82, 2.24) is 9.88 Å². The summed E-state index contributed by atoms with van der Waals surface area (Å²) in [6.07, 6.45) is 0.800. The van der Waals surface area contributed by atoms with E-state index in [1.165, 1.54) is 34.4 Å². The molecular formula is C22H17FN2OS. The Morgan fingerprint density at radius 2 is 1.89 bits per heavy atom. The minimum absolute atomic E-state index is 0.0173. The first-order valence-corrected chi connectivity index (χ1v) is 9.80. The van der Waals surface area contributed by atoms with Crippen LogP contribution in [0.15, 0.2) is 66.0 Å². The first-order chi connectivity index (χ1) is 13.2. The van der Waals surface area contributed by atoms with Gasteiger partial charge in [-0.05, 0) is 47.2 Å². The topological polar surface area (TPSA) is 36.1 Å². The van der Waals surface area contributed by atoms with E-state index in [-0.39, 0.29) is 17.8 Å². The lowest BCUT2D eigenvalue weighted by Crippen LogP contribution is -2.40. The molecule has 2 aromatic carbocycles. The van der Waals surface area contributed by atoms with E-state index >= 15 is 0 Å². The summed E-state index contributed by atoms with van der Waals surface area (Å²) < 4.78 is 13.5. The molecule has 4 aromatic rings. The van der Waals surface area contributed by atoms with E-state index < -0.39 is 0 Å². The lowest BCUT2D eigenvalue weighted by Gasteiger charge is -2.36. The Bertz CT molecular complexity index is 1120. The zero-order valence-corrected chi connectivity index (χ0v) is 15.3. The lowest BCUT2D eigenvalue weighted by atomic mass is 9.92. The minimum atomic E-state index is -0.275. The SMILES string of the molecule is O=C(c1cccs1)N1CCc2c([nH]c3ccccc23)C1c1ccc(F)cc1. The van der Waals surface area contributed by atoms with Crippen molar-refractivity contribution in [2.24, 2.45) is 0 Å². The van der Waals surface area contributed by atoms with E-state index in [0.717, 1.165) is 28.1 Å². The second kappa shape index (κ2) is 6.35. The van der Waals surface area contributed by atoms with Gasteiger partial charge in [0.15, 0.2) is 0 Å². The van der Waals surface area contributed by atoms with Crippen molar-refractivity contribution < 1.29 is 9.18 Å². The van der Waals surface area contributed by atoms with E-state index in [9.17, 15) is 9.18 Å². The van der Waals surface area contributed by atoms with Gasteiger partial charge in [-0.1, -0.05) is 36.4 Å². The summed E-state index contributed by atoms with van der Waals surface area (Å²) in [7, 11) is 0. The number of H-pyrrole nitrogens is 1. The van der Waals surface area contributed by atoms with Gasteiger partial charge in [-0.2, -0.15) is 0 Å². The fourth-order valence-corrected chi connectivity index (χ4v) is 4.67. The average molecular weight is 376 g/mol. The molecule has 0 radical (unpaired) electrons. The van der Waals surface area contributed by atoms with Crippen LogP contribution < -0.4 is 0 Å². The smallest absolute Gasteiger partial charge is 0.264 e. The van der Waals surface area contributed by atoms with Crippen molar-refractivity contribution in [3.8, 4) is 0 Å². The Morgan fingerprint density at radius 1 is 1.07 bits per heavy atom. The van der Waals surface area contributed by atoms with Crippen LogP contribution in [-0.4, -0.2) is 22.3 Å². The maximum absolute atomic E-state index is 13.5. The third kappa shape index (κ3) is 2.66. The summed E-state index contributed by atoms with van der Waals surface area (Å²) >= 11 is 1.45. The molecule has 3 heterocycles. The molecule has 0 spiro atoms. The van der Waals surface area contributed by atoms with E-state index in [4.69, 9.17) is 0 Å². The number of benzene rings is 2. The van der Waals surface area contributed by atoms with E-state index in [2.05, 4.69) is 17.1 Å². The third-order valence-corrected chi connectivity index (χ3v) is 6.07. The number of aromatic amines is 1. The number of nitrogens with one attached hydrogen (secondary N) is 1. The Morgan fingerprint density at radius 3 is 2.67 bits per heavy atom. The van der Waals surface area contributed by atoms with Gasteiger partial charge < -0.3 is 9.88 Å². The molecular weight excluding hydrogens is 359 g/mol. The quantitative estimate of drug-likeness (QED) is 0.516. The molecule has 1 atom stereocenters. The maximum Gasteiger partial charge on any atom is 0.264 e. The second-order valence-electron chi connectivity index (χ2n) is 6.74. The van der Waals surface area contributed by atoms with Crippen molar-refractivity contribution in [3.05, 3.63) is 93.6 Å². The fraction of sp³-hybridized carbons (Fsp3) is 0.136. The summed E-state index contributed by atoms with van der Waals surface area (Å²) in [5, 5.41) is 3.11. The van der Waals surface area contributed by atoms with Crippen LogP contribution in [0.5, 0.6) is 0 Å². The molecule has 0 fully saturated rings. The molecule has 2 aromatic heterocycles. The average Bonchev–Trinajstić information content (AvgIpc) is 3.35. The van der Waals surface area contributed by atoms with Gasteiger partial charge in [-0.3, -0.25) is 4.79 Å². The zero-order valence-electron chi connectivity index (χ0n) is 14.5. The van der Waals surface area contributed by atoms with Gasteiger partial charge in [0, 0.05) is 23.1 Å². The highest BCUT2D eigenvalue weighted by molar-refractivity contribution is 7.12. The van der Waals surface area contributed by atoms with Crippen LogP contribution in [0.3, 0.4) is 0 Å². The summed E-state index contributed by atoms with van der Waals surface area (Å²) in [6, 6.07) is 18.2. The standard InChI is InChI=1S/C22H17FN2OS/c23-15-9-7-14(8-10-15)21-20-17(16-4-1-2-5-18(16)24-20)11-12-25(21)22(26)19-6-3-13-27-19/h1-10,13,21,24H,11-12H2. The second-order valence-corrected chi connectivity index (χ2v) is 7.69. The van der Waals surface area contributed by atoms with Gasteiger partial charge in [0.2, 0.25) is 0 Å².